The van der Waals surface area contributed by atoms with Crippen molar-refractivity contribution in [3.8, 4) is 0 Å². The Morgan fingerprint density at radius 1 is 0.923 bits per heavy atom. The molecule has 208 valence electrons. The number of anilines is 1. The molecule has 3 rings (SSSR count). The van der Waals surface area contributed by atoms with Crippen molar-refractivity contribution in [1.29, 1.82) is 0 Å². The van der Waals surface area contributed by atoms with E-state index in [0.29, 0.717) is 17.1 Å². The molecular weight excluding hydrogens is 534 g/mol. The average Bonchev–Trinajstić information content (AvgIpc) is 2.87. The van der Waals surface area contributed by atoms with Crippen molar-refractivity contribution < 1.29 is 18.0 Å². The molecule has 0 bridgehead atoms. The molecule has 0 saturated carbocycles. The highest BCUT2D eigenvalue weighted by Crippen LogP contribution is 2.26. The van der Waals surface area contributed by atoms with Crippen molar-refractivity contribution in [2.45, 2.75) is 64.6 Å². The van der Waals surface area contributed by atoms with E-state index in [1.54, 1.807) is 24.3 Å². The zero-order chi connectivity index (χ0) is 28.7. The normalized spacial score (nSPS) is 12.2. The molecule has 2 amide bonds. The summed E-state index contributed by atoms with van der Waals surface area (Å²) >= 11 is 6.00. The highest BCUT2D eigenvalue weighted by atomic mass is 35.5. The first-order valence-electron chi connectivity index (χ1n) is 12.9. The number of carbonyl (C=O) groups excluding carboxylic acids is 2. The van der Waals surface area contributed by atoms with E-state index in [0.717, 1.165) is 21.0 Å². The molecule has 39 heavy (non-hydrogen) atoms. The molecule has 9 heteroatoms. The standard InChI is InChI=1S/C30H36ClN3O4S/c1-6-28(30(36)32-21(2)3)33(19-24-9-7-8-23(5)18-24)29(35)20-34(26-14-10-22(4)11-15-26)39(37,38)27-16-12-25(31)13-17-27/h7-18,21,28H,6,19-20H2,1-5H3,(H,32,36). The topological polar surface area (TPSA) is 86.8 Å². The van der Waals surface area contributed by atoms with Crippen LogP contribution in [0, 0.1) is 13.8 Å². The maximum atomic E-state index is 14.0. The van der Waals surface area contributed by atoms with Gasteiger partial charge >= 0.3 is 0 Å². The van der Waals surface area contributed by atoms with Crippen molar-refractivity contribution in [2.75, 3.05) is 10.8 Å². The van der Waals surface area contributed by atoms with Gasteiger partial charge in [0.15, 0.2) is 0 Å². The zero-order valence-electron chi connectivity index (χ0n) is 23.0. The summed E-state index contributed by atoms with van der Waals surface area (Å²) in [5.41, 5.74) is 3.17. The predicted octanol–water partition coefficient (Wildman–Crippen LogP) is 5.48. The molecule has 0 aromatic heterocycles. The molecule has 3 aromatic carbocycles. The van der Waals surface area contributed by atoms with Crippen LogP contribution in [0.15, 0.2) is 77.7 Å². The van der Waals surface area contributed by atoms with E-state index in [2.05, 4.69) is 5.32 Å². The fourth-order valence-electron chi connectivity index (χ4n) is 4.28. The lowest BCUT2D eigenvalue weighted by atomic mass is 10.1. The lowest BCUT2D eigenvalue weighted by Gasteiger charge is -2.33. The molecule has 7 nitrogen and oxygen atoms in total. The van der Waals surface area contributed by atoms with E-state index in [9.17, 15) is 18.0 Å². The van der Waals surface area contributed by atoms with Crippen LogP contribution in [0.1, 0.15) is 43.9 Å². The maximum absolute atomic E-state index is 14.0. The van der Waals surface area contributed by atoms with Gasteiger partial charge in [-0.1, -0.05) is 66.0 Å². The Bertz CT molecular complexity index is 1390. The van der Waals surface area contributed by atoms with Crippen LogP contribution in [0.3, 0.4) is 0 Å². The van der Waals surface area contributed by atoms with Crippen LogP contribution in [0.25, 0.3) is 0 Å². The van der Waals surface area contributed by atoms with E-state index in [1.807, 2.05) is 58.9 Å². The fourth-order valence-corrected chi connectivity index (χ4v) is 5.82. The molecule has 1 atom stereocenters. The molecule has 0 saturated heterocycles. The minimum absolute atomic E-state index is 0.00935. The fraction of sp³-hybridized carbons (Fsp3) is 0.333. The summed E-state index contributed by atoms with van der Waals surface area (Å²) in [4.78, 5) is 28.7. The lowest BCUT2D eigenvalue weighted by molar-refractivity contribution is -0.140. The number of rotatable bonds is 11. The van der Waals surface area contributed by atoms with Gasteiger partial charge in [-0.2, -0.15) is 0 Å². The van der Waals surface area contributed by atoms with Crippen LogP contribution in [-0.4, -0.2) is 43.8 Å². The second kappa shape index (κ2) is 13.1. The van der Waals surface area contributed by atoms with Crippen molar-refractivity contribution >= 4 is 39.1 Å². The number of hydrogen-bond donors (Lipinski definition) is 1. The minimum Gasteiger partial charge on any atom is -0.352 e. The largest absolute Gasteiger partial charge is 0.352 e. The summed E-state index contributed by atoms with van der Waals surface area (Å²) in [6.07, 6.45) is 0.366. The molecular formula is C30H36ClN3O4S. The molecule has 0 aliphatic carbocycles. The number of sulfonamides is 1. The Hall–Kier alpha value is -3.36. The average molecular weight is 570 g/mol. The number of nitrogens with one attached hydrogen (secondary N) is 1. The van der Waals surface area contributed by atoms with Crippen LogP contribution < -0.4 is 9.62 Å². The third-order valence-electron chi connectivity index (χ3n) is 6.25. The maximum Gasteiger partial charge on any atom is 0.264 e. The number of aryl methyl sites for hydroxylation is 2. The summed E-state index contributed by atoms with van der Waals surface area (Å²) in [5, 5.41) is 3.30. The predicted molar refractivity (Wildman–Crippen MR) is 156 cm³/mol. The van der Waals surface area contributed by atoms with Gasteiger partial charge in [-0.25, -0.2) is 8.42 Å². The van der Waals surface area contributed by atoms with Crippen LogP contribution in [0.2, 0.25) is 5.02 Å². The van der Waals surface area contributed by atoms with Crippen molar-refractivity contribution in [2.24, 2.45) is 0 Å². The van der Waals surface area contributed by atoms with Gasteiger partial charge in [0, 0.05) is 17.6 Å². The van der Waals surface area contributed by atoms with E-state index in [1.165, 1.54) is 29.2 Å². The van der Waals surface area contributed by atoms with Crippen LogP contribution in [0.4, 0.5) is 5.69 Å². The Kier molecular flexibility index (Phi) is 10.2. The van der Waals surface area contributed by atoms with E-state index in [4.69, 9.17) is 11.6 Å². The summed E-state index contributed by atoms with van der Waals surface area (Å²) < 4.78 is 28.8. The first-order valence-corrected chi connectivity index (χ1v) is 14.7. The van der Waals surface area contributed by atoms with Crippen molar-refractivity contribution in [1.82, 2.24) is 10.2 Å². The molecule has 0 radical (unpaired) electrons. The summed E-state index contributed by atoms with van der Waals surface area (Å²) in [6.45, 7) is 9.08. The number of benzene rings is 3. The van der Waals surface area contributed by atoms with Gasteiger partial charge in [0.05, 0.1) is 10.6 Å². The number of hydrogen-bond acceptors (Lipinski definition) is 4. The number of halogens is 1. The van der Waals surface area contributed by atoms with Gasteiger partial charge in [0.2, 0.25) is 11.8 Å². The Balaban J connectivity index is 2.06. The molecule has 0 aliphatic heterocycles. The van der Waals surface area contributed by atoms with E-state index >= 15 is 0 Å². The minimum atomic E-state index is -4.14. The first-order chi connectivity index (χ1) is 18.4. The van der Waals surface area contributed by atoms with Gasteiger partial charge in [-0.15, -0.1) is 0 Å². The molecule has 3 aromatic rings. The second-order valence-electron chi connectivity index (χ2n) is 9.90. The molecule has 0 fully saturated rings. The summed E-state index contributed by atoms with van der Waals surface area (Å²) in [5.74, 6) is -0.767. The van der Waals surface area contributed by atoms with Crippen molar-refractivity contribution in [3.63, 3.8) is 0 Å². The Morgan fingerprint density at radius 2 is 1.56 bits per heavy atom. The lowest BCUT2D eigenvalue weighted by Crippen LogP contribution is -2.53. The van der Waals surface area contributed by atoms with Crippen molar-refractivity contribution in [3.05, 3.63) is 94.5 Å². The van der Waals surface area contributed by atoms with Crippen LogP contribution >= 0.6 is 11.6 Å². The molecule has 0 heterocycles. The third-order valence-corrected chi connectivity index (χ3v) is 8.29. The second-order valence-corrected chi connectivity index (χ2v) is 12.2. The summed E-state index contributed by atoms with van der Waals surface area (Å²) in [7, 11) is -4.14. The smallest absolute Gasteiger partial charge is 0.264 e. The van der Waals surface area contributed by atoms with Gasteiger partial charge in [0.1, 0.15) is 12.6 Å². The first kappa shape index (κ1) is 30.2. The van der Waals surface area contributed by atoms with E-state index in [-0.39, 0.29) is 23.4 Å². The van der Waals surface area contributed by atoms with Crippen LogP contribution in [-0.2, 0) is 26.2 Å². The zero-order valence-corrected chi connectivity index (χ0v) is 24.6. The Morgan fingerprint density at radius 3 is 2.13 bits per heavy atom. The summed E-state index contributed by atoms with van der Waals surface area (Å²) in [6, 6.07) is 19.5. The number of amides is 2. The van der Waals surface area contributed by atoms with Gasteiger partial charge in [-0.05, 0) is 76.1 Å². The van der Waals surface area contributed by atoms with Gasteiger partial charge in [-0.3, -0.25) is 13.9 Å². The highest BCUT2D eigenvalue weighted by Gasteiger charge is 2.33. The van der Waals surface area contributed by atoms with Gasteiger partial charge in [0.25, 0.3) is 10.0 Å². The molecule has 1 unspecified atom stereocenters. The monoisotopic (exact) mass is 569 g/mol. The highest BCUT2D eigenvalue weighted by molar-refractivity contribution is 7.92. The molecule has 1 N–H and O–H groups in total. The SMILES string of the molecule is CCC(C(=O)NC(C)C)N(Cc1cccc(C)c1)C(=O)CN(c1ccc(C)cc1)S(=O)(=O)c1ccc(Cl)cc1. The van der Waals surface area contributed by atoms with Crippen LogP contribution in [0.5, 0.6) is 0 Å². The number of carbonyl (C=O) groups is 2. The Labute approximate surface area is 236 Å². The number of nitrogens with zero attached hydrogens (tertiary/aromatic N) is 2. The molecule has 0 aliphatic rings. The quantitative estimate of drug-likeness (QED) is 0.331. The third kappa shape index (κ3) is 7.83. The van der Waals surface area contributed by atoms with E-state index < -0.39 is 28.5 Å². The van der Waals surface area contributed by atoms with Gasteiger partial charge < -0.3 is 10.2 Å². The molecule has 0 spiro atoms.